The molecule has 2 atom stereocenters. The summed E-state index contributed by atoms with van der Waals surface area (Å²) in [6.07, 6.45) is 3.23. The molecule has 3 amide bonds. The summed E-state index contributed by atoms with van der Waals surface area (Å²) in [5.74, 6) is -0.839. The number of carbonyl (C=O) groups excluding carboxylic acids is 3. The lowest BCUT2D eigenvalue weighted by atomic mass is 9.89. The third-order valence-corrected chi connectivity index (χ3v) is 11.3. The first kappa shape index (κ1) is 42.4. The molecule has 5 rings (SSSR count). The van der Waals surface area contributed by atoms with Gasteiger partial charge in [0.1, 0.15) is 18.9 Å². The van der Waals surface area contributed by atoms with Gasteiger partial charge in [-0.15, -0.1) is 0 Å². The van der Waals surface area contributed by atoms with Crippen molar-refractivity contribution in [1.29, 1.82) is 0 Å². The highest BCUT2D eigenvalue weighted by Gasteiger charge is 2.39. The number of carbonyl (C=O) groups is 3. The molecule has 0 aliphatic carbocycles. The van der Waals surface area contributed by atoms with Crippen molar-refractivity contribution in [2.45, 2.75) is 57.0 Å². The average Bonchev–Trinajstić information content (AvgIpc) is 3.16. The molecular weight excluding hydrogens is 788 g/mol. The van der Waals surface area contributed by atoms with Crippen molar-refractivity contribution in [1.82, 2.24) is 19.6 Å². The number of phenolic OH excluding ortho intramolecular Hbond substituents is 1. The molecule has 2 fully saturated rings. The number of halogens is 4. The number of nitrogens with zero attached hydrogens (tertiary/aromatic N) is 5. The first-order chi connectivity index (χ1) is 26.4. The SMILES string of the molecule is CCOC(=O)[C@H](Cc1ccc(O)cc1)N1CCCN(C2CCN(CC[C@@H](/C(CN(C)C(=O)c3cc(Cl)cc(Cl)c3)=N\OC)c3ccc(Cl)c(Cl)c3)CC2)C1=O. The summed E-state index contributed by atoms with van der Waals surface area (Å²) >= 11 is 25.2. The lowest BCUT2D eigenvalue weighted by Crippen LogP contribution is -2.60. The van der Waals surface area contributed by atoms with Gasteiger partial charge in [-0.2, -0.15) is 0 Å². The van der Waals surface area contributed by atoms with E-state index in [0.29, 0.717) is 63.8 Å². The molecular formula is C40H47Cl4N5O6. The first-order valence-electron chi connectivity index (χ1n) is 18.4. The zero-order valence-electron chi connectivity index (χ0n) is 31.2. The number of phenols is 1. The molecule has 15 heteroatoms. The first-order valence-corrected chi connectivity index (χ1v) is 19.9. The second-order valence-electron chi connectivity index (χ2n) is 13.8. The van der Waals surface area contributed by atoms with E-state index in [4.69, 9.17) is 56.0 Å². The Hall–Kier alpha value is -3.74. The smallest absolute Gasteiger partial charge is 0.329 e. The van der Waals surface area contributed by atoms with Gasteiger partial charge in [0.2, 0.25) is 0 Å². The quantitative estimate of drug-likeness (QED) is 0.0938. The van der Waals surface area contributed by atoms with E-state index in [2.05, 4.69) is 10.1 Å². The highest BCUT2D eigenvalue weighted by molar-refractivity contribution is 6.42. The van der Waals surface area contributed by atoms with E-state index < -0.39 is 12.0 Å². The zero-order valence-corrected chi connectivity index (χ0v) is 34.3. The van der Waals surface area contributed by atoms with Gasteiger partial charge in [-0.05, 0) is 92.7 Å². The standard InChI is InChI=1S/C40H47Cl4N5O6/c1-4-55-39(52)37(20-26-6-9-32(50)10-7-26)49-16-5-15-48(40(49)53)31-12-17-47(18-13-31)19-14-33(27-8-11-34(43)35(44)23-27)36(45-54-3)25-46(2)38(51)28-21-29(41)24-30(42)22-28/h6-11,21-24,31,33,37,50H,4-5,12-20,25H2,1-3H3/b45-36-/t33-,37+/m1/s1. The van der Waals surface area contributed by atoms with Crippen molar-refractivity contribution in [3.05, 3.63) is 97.4 Å². The van der Waals surface area contributed by atoms with E-state index in [9.17, 15) is 19.5 Å². The molecule has 2 aliphatic heterocycles. The van der Waals surface area contributed by atoms with E-state index in [0.717, 1.165) is 43.5 Å². The van der Waals surface area contributed by atoms with E-state index in [1.807, 2.05) is 17.0 Å². The molecule has 0 aromatic heterocycles. The third kappa shape index (κ3) is 11.2. The Kier molecular flexibility index (Phi) is 15.4. The maximum Gasteiger partial charge on any atom is 0.329 e. The van der Waals surface area contributed by atoms with Gasteiger partial charge in [0.25, 0.3) is 5.91 Å². The largest absolute Gasteiger partial charge is 0.508 e. The topological polar surface area (TPSA) is 115 Å². The molecule has 296 valence electrons. The van der Waals surface area contributed by atoms with Crippen LogP contribution in [0.3, 0.4) is 0 Å². The number of piperidine rings is 1. The van der Waals surface area contributed by atoms with Gasteiger partial charge < -0.3 is 34.3 Å². The van der Waals surface area contributed by atoms with Crippen LogP contribution in [0.5, 0.6) is 5.75 Å². The summed E-state index contributed by atoms with van der Waals surface area (Å²) in [5, 5.41) is 15.7. The van der Waals surface area contributed by atoms with Crippen molar-refractivity contribution in [2.24, 2.45) is 5.16 Å². The molecule has 0 spiro atoms. The molecule has 0 radical (unpaired) electrons. The molecule has 2 heterocycles. The molecule has 0 saturated carbocycles. The number of urea groups is 1. The lowest BCUT2D eigenvalue weighted by molar-refractivity contribution is -0.149. The second kappa shape index (κ2) is 19.9. The van der Waals surface area contributed by atoms with Gasteiger partial charge in [0.15, 0.2) is 0 Å². The number of oxime groups is 1. The molecule has 0 unspecified atom stereocenters. The van der Waals surface area contributed by atoms with Crippen LogP contribution in [0.2, 0.25) is 20.1 Å². The molecule has 0 bridgehead atoms. The van der Waals surface area contributed by atoms with Gasteiger partial charge >= 0.3 is 12.0 Å². The molecule has 3 aromatic carbocycles. The number of benzene rings is 3. The van der Waals surface area contributed by atoms with Crippen LogP contribution in [0.1, 0.15) is 60.0 Å². The predicted octanol–water partition coefficient (Wildman–Crippen LogP) is 8.02. The fraction of sp³-hybridized carbons (Fsp3) is 0.450. The lowest BCUT2D eigenvalue weighted by Gasteiger charge is -2.45. The van der Waals surface area contributed by atoms with Crippen molar-refractivity contribution in [2.75, 3.05) is 60.0 Å². The van der Waals surface area contributed by atoms with Crippen molar-refractivity contribution in [3.63, 3.8) is 0 Å². The minimum atomic E-state index is -0.765. The number of aromatic hydroxyl groups is 1. The Morgan fingerprint density at radius 3 is 2.27 bits per heavy atom. The second-order valence-corrected chi connectivity index (χ2v) is 15.5. The molecule has 55 heavy (non-hydrogen) atoms. The van der Waals surface area contributed by atoms with Crippen LogP contribution < -0.4 is 0 Å². The molecule has 2 saturated heterocycles. The van der Waals surface area contributed by atoms with Gasteiger partial charge in [0, 0.05) is 67.2 Å². The number of likely N-dealkylation sites (tertiary alicyclic amines) is 1. The van der Waals surface area contributed by atoms with Crippen molar-refractivity contribution in [3.8, 4) is 5.75 Å². The summed E-state index contributed by atoms with van der Waals surface area (Å²) < 4.78 is 5.41. The Morgan fingerprint density at radius 2 is 1.64 bits per heavy atom. The number of rotatable bonds is 15. The van der Waals surface area contributed by atoms with Crippen molar-refractivity contribution < 1.29 is 29.1 Å². The van der Waals surface area contributed by atoms with Crippen LogP contribution in [0, 0.1) is 0 Å². The van der Waals surface area contributed by atoms with Gasteiger partial charge in [-0.25, -0.2) is 9.59 Å². The normalized spacial score (nSPS) is 16.9. The Morgan fingerprint density at radius 1 is 0.945 bits per heavy atom. The third-order valence-electron chi connectivity index (χ3n) is 10.1. The fourth-order valence-electron chi connectivity index (χ4n) is 7.36. The Bertz CT molecular complexity index is 1820. The van der Waals surface area contributed by atoms with Gasteiger partial charge in [0.05, 0.1) is 28.9 Å². The Balaban J connectivity index is 1.26. The van der Waals surface area contributed by atoms with Crippen LogP contribution in [0.25, 0.3) is 0 Å². The predicted molar refractivity (Wildman–Crippen MR) is 217 cm³/mol. The number of ether oxygens (including phenoxy) is 1. The Labute approximate surface area is 342 Å². The van der Waals surface area contributed by atoms with Crippen molar-refractivity contribution >= 4 is 70.0 Å². The molecule has 2 aliphatic rings. The zero-order chi connectivity index (χ0) is 39.6. The number of hydrogen-bond acceptors (Lipinski definition) is 8. The maximum atomic E-state index is 14.0. The maximum absolute atomic E-state index is 14.0. The summed E-state index contributed by atoms with van der Waals surface area (Å²) in [6.45, 7) is 5.46. The van der Waals surface area contributed by atoms with E-state index in [1.54, 1.807) is 72.3 Å². The molecule has 1 N–H and O–H groups in total. The summed E-state index contributed by atoms with van der Waals surface area (Å²) in [7, 11) is 3.16. The molecule has 11 nitrogen and oxygen atoms in total. The van der Waals surface area contributed by atoms with E-state index in [1.165, 1.54) is 7.11 Å². The summed E-state index contributed by atoms with van der Waals surface area (Å²) in [6, 6.07) is 16.0. The average molecular weight is 836 g/mol. The van der Waals surface area contributed by atoms with Crippen LogP contribution >= 0.6 is 46.4 Å². The van der Waals surface area contributed by atoms with Crippen LogP contribution in [-0.2, 0) is 20.8 Å². The van der Waals surface area contributed by atoms with Gasteiger partial charge in [-0.3, -0.25) is 4.79 Å². The minimum absolute atomic E-state index is 0.0270. The summed E-state index contributed by atoms with van der Waals surface area (Å²) in [5.41, 5.74) is 2.70. The minimum Gasteiger partial charge on any atom is -0.508 e. The van der Waals surface area contributed by atoms with E-state index >= 15 is 0 Å². The highest BCUT2D eigenvalue weighted by Crippen LogP contribution is 2.31. The molecule has 3 aromatic rings. The fourth-order valence-corrected chi connectivity index (χ4v) is 8.20. The van der Waals surface area contributed by atoms with E-state index in [-0.39, 0.29) is 42.8 Å². The van der Waals surface area contributed by atoms with Crippen LogP contribution in [0.15, 0.2) is 65.8 Å². The highest BCUT2D eigenvalue weighted by atomic mass is 35.5. The monoisotopic (exact) mass is 833 g/mol. The van der Waals surface area contributed by atoms with Gasteiger partial charge in [-0.1, -0.05) is 69.8 Å². The number of esters is 1. The number of amides is 3. The van der Waals surface area contributed by atoms with Crippen LogP contribution in [0.4, 0.5) is 4.79 Å². The van der Waals surface area contributed by atoms with Crippen LogP contribution in [-0.4, -0.2) is 120 Å². The summed E-state index contributed by atoms with van der Waals surface area (Å²) in [4.78, 5) is 53.5. The number of hydrogen-bond donors (Lipinski definition) is 1.